The van der Waals surface area contributed by atoms with E-state index >= 15 is 0 Å². The number of nitrogens with one attached hydrogen (secondary N) is 1. The maximum absolute atomic E-state index is 5.45. The van der Waals surface area contributed by atoms with Gasteiger partial charge in [0.1, 0.15) is 5.75 Å². The molecule has 1 unspecified atom stereocenters. The number of hydrogen-bond acceptors (Lipinski definition) is 3. The van der Waals surface area contributed by atoms with Crippen LogP contribution in [0.5, 0.6) is 5.75 Å². The van der Waals surface area contributed by atoms with E-state index in [1.165, 1.54) is 0 Å². The van der Waals surface area contributed by atoms with Crippen LogP contribution in [0, 0.1) is 0 Å². The van der Waals surface area contributed by atoms with E-state index in [0.717, 1.165) is 11.3 Å². The second-order valence-electron chi connectivity index (χ2n) is 3.10. The summed E-state index contributed by atoms with van der Waals surface area (Å²) in [5.41, 5.74) is 1.15. The number of para-hydroxylation sites is 1. The molecule has 0 aliphatic rings. The van der Waals surface area contributed by atoms with Crippen LogP contribution in [0.25, 0.3) is 0 Å². The maximum Gasteiger partial charge on any atom is 0.188 e. The van der Waals surface area contributed by atoms with Gasteiger partial charge in [-0.05, 0) is 20.0 Å². The van der Waals surface area contributed by atoms with Crippen molar-refractivity contribution < 1.29 is 9.47 Å². The largest absolute Gasteiger partial charge is 0.467 e. The average molecular weight is 195 g/mol. The van der Waals surface area contributed by atoms with Crippen molar-refractivity contribution in [1.82, 2.24) is 5.32 Å². The molecular weight excluding hydrogens is 178 g/mol. The molecule has 0 spiro atoms. The van der Waals surface area contributed by atoms with E-state index in [4.69, 9.17) is 9.47 Å². The second-order valence-corrected chi connectivity index (χ2v) is 3.10. The molecule has 78 valence electrons. The summed E-state index contributed by atoms with van der Waals surface area (Å²) in [4.78, 5) is 0. The molecule has 14 heavy (non-hydrogen) atoms. The van der Waals surface area contributed by atoms with E-state index in [0.29, 0.717) is 0 Å². The Labute approximate surface area is 85.0 Å². The van der Waals surface area contributed by atoms with Crippen molar-refractivity contribution in [2.45, 2.75) is 13.0 Å². The highest BCUT2D eigenvalue weighted by atomic mass is 16.7. The number of ether oxygens (including phenoxy) is 2. The van der Waals surface area contributed by atoms with Crippen LogP contribution in [-0.4, -0.2) is 21.0 Å². The van der Waals surface area contributed by atoms with Crippen molar-refractivity contribution in [2.24, 2.45) is 0 Å². The fourth-order valence-electron chi connectivity index (χ4n) is 1.25. The lowest BCUT2D eigenvalue weighted by atomic mass is 10.1. The van der Waals surface area contributed by atoms with Crippen molar-refractivity contribution in [1.29, 1.82) is 0 Å². The molecule has 1 N–H and O–H groups in total. The number of methoxy groups -OCH3 is 1. The molecule has 1 aromatic carbocycles. The van der Waals surface area contributed by atoms with Crippen LogP contribution in [0.15, 0.2) is 24.3 Å². The summed E-state index contributed by atoms with van der Waals surface area (Å²) in [6, 6.07) is 8.23. The van der Waals surface area contributed by atoms with Gasteiger partial charge in [0, 0.05) is 18.7 Å². The average Bonchev–Trinajstić information content (AvgIpc) is 2.25. The molecule has 0 amide bonds. The van der Waals surface area contributed by atoms with Crippen LogP contribution in [-0.2, 0) is 4.74 Å². The van der Waals surface area contributed by atoms with E-state index in [1.54, 1.807) is 7.11 Å². The summed E-state index contributed by atoms with van der Waals surface area (Å²) < 4.78 is 10.3. The zero-order valence-corrected chi connectivity index (χ0v) is 8.91. The fraction of sp³-hybridized carbons (Fsp3) is 0.455. The minimum Gasteiger partial charge on any atom is -0.467 e. The highest BCUT2D eigenvalue weighted by molar-refractivity contribution is 5.35. The first-order valence-electron chi connectivity index (χ1n) is 4.67. The molecule has 1 rings (SSSR count). The topological polar surface area (TPSA) is 30.5 Å². The first kappa shape index (κ1) is 11.0. The molecule has 0 bridgehead atoms. The third-order valence-corrected chi connectivity index (χ3v) is 2.15. The fourth-order valence-corrected chi connectivity index (χ4v) is 1.25. The summed E-state index contributed by atoms with van der Waals surface area (Å²) in [6.07, 6.45) is 0. The maximum atomic E-state index is 5.45. The van der Waals surface area contributed by atoms with Gasteiger partial charge in [0.05, 0.1) is 0 Å². The van der Waals surface area contributed by atoms with Crippen molar-refractivity contribution in [3.63, 3.8) is 0 Å². The van der Waals surface area contributed by atoms with E-state index in [-0.39, 0.29) is 12.8 Å². The molecule has 1 atom stereocenters. The Balaban J connectivity index is 2.79. The first-order valence-corrected chi connectivity index (χ1v) is 4.67. The Morgan fingerprint density at radius 2 is 2.07 bits per heavy atom. The molecule has 0 aliphatic heterocycles. The number of benzene rings is 1. The standard InChI is InChI=1S/C11H17NO2/c1-9(12-2)10-6-4-5-7-11(10)14-8-13-3/h4-7,9,12H,8H2,1-3H3. The molecule has 0 radical (unpaired) electrons. The van der Waals surface area contributed by atoms with Crippen molar-refractivity contribution >= 4 is 0 Å². The van der Waals surface area contributed by atoms with Crippen LogP contribution < -0.4 is 10.1 Å². The minimum absolute atomic E-state index is 0.281. The first-order chi connectivity index (χ1) is 6.79. The van der Waals surface area contributed by atoms with Gasteiger partial charge in [-0.25, -0.2) is 0 Å². The molecule has 0 saturated carbocycles. The Hall–Kier alpha value is -1.06. The number of hydrogen-bond donors (Lipinski definition) is 1. The van der Waals surface area contributed by atoms with Gasteiger partial charge >= 0.3 is 0 Å². The molecule has 0 aliphatic carbocycles. The molecule has 1 aromatic rings. The van der Waals surface area contributed by atoms with Gasteiger partial charge in [0.2, 0.25) is 0 Å². The third kappa shape index (κ3) is 2.72. The van der Waals surface area contributed by atoms with Gasteiger partial charge in [0.25, 0.3) is 0 Å². The molecule has 0 saturated heterocycles. The Bertz CT molecular complexity index is 276. The molecule has 3 nitrogen and oxygen atoms in total. The van der Waals surface area contributed by atoms with Crippen LogP contribution >= 0.6 is 0 Å². The van der Waals surface area contributed by atoms with E-state index < -0.39 is 0 Å². The van der Waals surface area contributed by atoms with Crippen molar-refractivity contribution in [3.8, 4) is 5.75 Å². The van der Waals surface area contributed by atoms with Gasteiger partial charge < -0.3 is 14.8 Å². The molecular formula is C11H17NO2. The zero-order valence-electron chi connectivity index (χ0n) is 8.91. The summed E-state index contributed by atoms with van der Waals surface area (Å²) in [5.74, 6) is 0.871. The minimum atomic E-state index is 0.281. The molecule has 0 aromatic heterocycles. The van der Waals surface area contributed by atoms with E-state index in [1.807, 2.05) is 31.3 Å². The van der Waals surface area contributed by atoms with Gasteiger partial charge in [-0.15, -0.1) is 0 Å². The van der Waals surface area contributed by atoms with Gasteiger partial charge in [-0.3, -0.25) is 0 Å². The van der Waals surface area contributed by atoms with Crippen LogP contribution in [0.4, 0.5) is 0 Å². The Morgan fingerprint density at radius 1 is 1.36 bits per heavy atom. The summed E-state index contributed by atoms with van der Waals surface area (Å²) >= 11 is 0. The van der Waals surface area contributed by atoms with Gasteiger partial charge in [0.15, 0.2) is 6.79 Å². The number of rotatable bonds is 5. The SMILES string of the molecule is CNC(C)c1ccccc1OCOC. The highest BCUT2D eigenvalue weighted by Crippen LogP contribution is 2.24. The van der Waals surface area contributed by atoms with E-state index in [9.17, 15) is 0 Å². The van der Waals surface area contributed by atoms with Gasteiger partial charge in [-0.2, -0.15) is 0 Å². The van der Waals surface area contributed by atoms with E-state index in [2.05, 4.69) is 12.2 Å². The lowest BCUT2D eigenvalue weighted by Crippen LogP contribution is -2.14. The zero-order chi connectivity index (χ0) is 10.4. The smallest absolute Gasteiger partial charge is 0.188 e. The predicted octanol–water partition coefficient (Wildman–Crippen LogP) is 1.95. The lowest BCUT2D eigenvalue weighted by Gasteiger charge is -2.15. The molecule has 3 heteroatoms. The second kappa shape index (κ2) is 5.62. The van der Waals surface area contributed by atoms with Crippen molar-refractivity contribution in [3.05, 3.63) is 29.8 Å². The Morgan fingerprint density at radius 3 is 2.71 bits per heavy atom. The normalized spacial score (nSPS) is 12.5. The lowest BCUT2D eigenvalue weighted by molar-refractivity contribution is 0.0501. The van der Waals surface area contributed by atoms with Crippen molar-refractivity contribution in [2.75, 3.05) is 21.0 Å². The Kier molecular flexibility index (Phi) is 4.43. The third-order valence-electron chi connectivity index (χ3n) is 2.15. The predicted molar refractivity (Wildman–Crippen MR) is 56.4 cm³/mol. The summed E-state index contributed by atoms with van der Waals surface area (Å²) in [5, 5.41) is 3.18. The monoisotopic (exact) mass is 195 g/mol. The summed E-state index contributed by atoms with van der Waals surface area (Å²) in [6.45, 7) is 2.38. The molecule has 0 heterocycles. The highest BCUT2D eigenvalue weighted by Gasteiger charge is 2.08. The van der Waals surface area contributed by atoms with Crippen LogP contribution in [0.1, 0.15) is 18.5 Å². The molecule has 0 fully saturated rings. The van der Waals surface area contributed by atoms with Gasteiger partial charge in [-0.1, -0.05) is 18.2 Å². The quantitative estimate of drug-likeness (QED) is 0.728. The summed E-state index contributed by atoms with van der Waals surface area (Å²) in [7, 11) is 3.54. The van der Waals surface area contributed by atoms with Crippen LogP contribution in [0.3, 0.4) is 0 Å². The van der Waals surface area contributed by atoms with Crippen LogP contribution in [0.2, 0.25) is 0 Å².